The van der Waals surface area contributed by atoms with Crippen molar-refractivity contribution in [1.29, 1.82) is 0 Å². The molecule has 0 radical (unpaired) electrons. The van der Waals surface area contributed by atoms with Gasteiger partial charge in [-0.05, 0) is 6.07 Å². The molecule has 1 heterocycles. The summed E-state index contributed by atoms with van der Waals surface area (Å²) in [5.74, 6) is 2.43. The van der Waals surface area contributed by atoms with Crippen LogP contribution in [0.25, 0.3) is 10.9 Å². The predicted octanol–water partition coefficient (Wildman–Crippen LogP) is 2.27. The summed E-state index contributed by atoms with van der Waals surface area (Å²) >= 11 is 0. The van der Waals surface area contributed by atoms with E-state index in [0.29, 0.717) is 28.6 Å². The first-order chi connectivity index (χ1) is 8.73. The third kappa shape index (κ3) is 1.99. The molecule has 1 aromatic carbocycles. The molecule has 0 unspecified atom stereocenters. The number of hydrogen-bond acceptors (Lipinski definition) is 5. The monoisotopic (exact) mass is 249 g/mol. The van der Waals surface area contributed by atoms with E-state index in [1.807, 2.05) is 6.07 Å². The highest BCUT2D eigenvalue weighted by Gasteiger charge is 2.13. The Hall–Kier alpha value is -2.17. The Morgan fingerprint density at radius 1 is 0.778 bits per heavy atom. The van der Waals surface area contributed by atoms with E-state index in [9.17, 15) is 0 Å². The van der Waals surface area contributed by atoms with Gasteiger partial charge in [-0.25, -0.2) is 4.98 Å². The van der Waals surface area contributed by atoms with Gasteiger partial charge in [-0.3, -0.25) is 0 Å². The van der Waals surface area contributed by atoms with E-state index in [1.165, 1.54) is 0 Å². The number of benzene rings is 1. The molecule has 0 bridgehead atoms. The molecule has 96 valence electrons. The number of ether oxygens (including phenoxy) is 4. The standard InChI is InChI=1S/C13H15NO4/c1-15-8-5-9-10(16-2)7-12(18-4)14-13(9)11(6-8)17-3/h5-7H,1-4H3. The van der Waals surface area contributed by atoms with Gasteiger partial charge < -0.3 is 18.9 Å². The molecule has 0 atom stereocenters. The molecule has 5 heteroatoms. The molecule has 0 aliphatic rings. The van der Waals surface area contributed by atoms with Gasteiger partial charge in [-0.1, -0.05) is 0 Å². The number of aromatic nitrogens is 1. The van der Waals surface area contributed by atoms with Gasteiger partial charge in [-0.15, -0.1) is 0 Å². The van der Waals surface area contributed by atoms with E-state index in [-0.39, 0.29) is 0 Å². The molecule has 18 heavy (non-hydrogen) atoms. The minimum atomic E-state index is 0.475. The SMILES string of the molecule is COc1cc(OC)c2nc(OC)cc(OC)c2c1. The maximum atomic E-state index is 5.34. The molecule has 0 saturated heterocycles. The van der Waals surface area contributed by atoms with Crippen molar-refractivity contribution in [2.75, 3.05) is 28.4 Å². The lowest BCUT2D eigenvalue weighted by molar-refractivity contribution is 0.381. The Bertz CT molecular complexity index is 517. The molecule has 0 spiro atoms. The van der Waals surface area contributed by atoms with E-state index in [2.05, 4.69) is 4.98 Å². The number of nitrogens with zero attached hydrogens (tertiary/aromatic N) is 1. The normalized spacial score (nSPS) is 10.2. The zero-order valence-electron chi connectivity index (χ0n) is 10.8. The average molecular weight is 249 g/mol. The van der Waals surface area contributed by atoms with Gasteiger partial charge >= 0.3 is 0 Å². The van der Waals surface area contributed by atoms with Crippen molar-refractivity contribution in [3.05, 3.63) is 18.2 Å². The lowest BCUT2D eigenvalue weighted by Gasteiger charge is -2.12. The maximum absolute atomic E-state index is 5.34. The lowest BCUT2D eigenvalue weighted by Crippen LogP contribution is -1.96. The van der Waals surface area contributed by atoms with Crippen molar-refractivity contribution >= 4 is 10.9 Å². The highest BCUT2D eigenvalue weighted by Crippen LogP contribution is 2.36. The van der Waals surface area contributed by atoms with Crippen LogP contribution in [-0.4, -0.2) is 33.4 Å². The summed E-state index contributed by atoms with van der Waals surface area (Å²) in [5, 5.41) is 0.814. The van der Waals surface area contributed by atoms with Crippen LogP contribution < -0.4 is 18.9 Å². The molecule has 0 aliphatic carbocycles. The van der Waals surface area contributed by atoms with E-state index in [4.69, 9.17) is 18.9 Å². The van der Waals surface area contributed by atoms with Crippen LogP contribution in [0.3, 0.4) is 0 Å². The largest absolute Gasteiger partial charge is 0.497 e. The molecular formula is C13H15NO4. The minimum Gasteiger partial charge on any atom is -0.497 e. The van der Waals surface area contributed by atoms with Crippen LogP contribution in [-0.2, 0) is 0 Å². The molecule has 0 amide bonds. The van der Waals surface area contributed by atoms with Gasteiger partial charge in [0, 0.05) is 12.1 Å². The van der Waals surface area contributed by atoms with Crippen molar-refractivity contribution in [2.45, 2.75) is 0 Å². The summed E-state index contributed by atoms with van der Waals surface area (Å²) in [5.41, 5.74) is 0.675. The van der Waals surface area contributed by atoms with Gasteiger partial charge in [0.05, 0.1) is 33.8 Å². The second-order valence-corrected chi connectivity index (χ2v) is 3.59. The first-order valence-electron chi connectivity index (χ1n) is 5.38. The zero-order valence-corrected chi connectivity index (χ0v) is 10.8. The van der Waals surface area contributed by atoms with Gasteiger partial charge in [0.1, 0.15) is 22.8 Å². The van der Waals surface area contributed by atoms with Crippen molar-refractivity contribution in [1.82, 2.24) is 4.98 Å². The number of rotatable bonds is 4. The molecule has 0 fully saturated rings. The lowest BCUT2D eigenvalue weighted by atomic mass is 10.1. The van der Waals surface area contributed by atoms with Gasteiger partial charge in [0.2, 0.25) is 5.88 Å². The van der Waals surface area contributed by atoms with Crippen LogP contribution in [0.1, 0.15) is 0 Å². The fraction of sp³-hybridized carbons (Fsp3) is 0.308. The minimum absolute atomic E-state index is 0.475. The molecule has 5 nitrogen and oxygen atoms in total. The van der Waals surface area contributed by atoms with E-state index >= 15 is 0 Å². The van der Waals surface area contributed by atoms with E-state index < -0.39 is 0 Å². The Morgan fingerprint density at radius 2 is 1.50 bits per heavy atom. The third-order valence-corrected chi connectivity index (χ3v) is 2.68. The molecule has 0 aliphatic heterocycles. The zero-order chi connectivity index (χ0) is 13.1. The van der Waals surface area contributed by atoms with Crippen LogP contribution in [0.2, 0.25) is 0 Å². The smallest absolute Gasteiger partial charge is 0.217 e. The van der Waals surface area contributed by atoms with Crippen LogP contribution in [0, 0.1) is 0 Å². The van der Waals surface area contributed by atoms with Crippen LogP contribution >= 0.6 is 0 Å². The summed E-state index contributed by atoms with van der Waals surface area (Å²) in [6.07, 6.45) is 0. The number of pyridine rings is 1. The Kier molecular flexibility index (Phi) is 3.41. The third-order valence-electron chi connectivity index (χ3n) is 2.68. The van der Waals surface area contributed by atoms with Crippen molar-refractivity contribution in [3.8, 4) is 23.1 Å². The molecule has 1 aromatic heterocycles. The van der Waals surface area contributed by atoms with Crippen molar-refractivity contribution < 1.29 is 18.9 Å². The highest BCUT2D eigenvalue weighted by atomic mass is 16.5. The summed E-state index contributed by atoms with van der Waals surface area (Å²) in [6, 6.07) is 5.35. The second-order valence-electron chi connectivity index (χ2n) is 3.59. The van der Waals surface area contributed by atoms with Gasteiger partial charge in [0.15, 0.2) is 0 Å². The molecule has 0 saturated carbocycles. The topological polar surface area (TPSA) is 49.8 Å². The van der Waals surface area contributed by atoms with Crippen molar-refractivity contribution in [3.63, 3.8) is 0 Å². The van der Waals surface area contributed by atoms with Gasteiger partial charge in [0.25, 0.3) is 0 Å². The van der Waals surface area contributed by atoms with Crippen molar-refractivity contribution in [2.24, 2.45) is 0 Å². The fourth-order valence-electron chi connectivity index (χ4n) is 1.76. The first-order valence-corrected chi connectivity index (χ1v) is 5.38. The quantitative estimate of drug-likeness (QED) is 0.832. The number of methoxy groups -OCH3 is 4. The van der Waals surface area contributed by atoms with E-state index in [0.717, 1.165) is 5.39 Å². The van der Waals surface area contributed by atoms with E-state index in [1.54, 1.807) is 40.6 Å². The van der Waals surface area contributed by atoms with Crippen LogP contribution in [0.15, 0.2) is 18.2 Å². The summed E-state index contributed by atoms with van der Waals surface area (Å²) < 4.78 is 21.0. The molecule has 2 rings (SSSR count). The molecule has 0 N–H and O–H groups in total. The summed E-state index contributed by atoms with van der Waals surface area (Å²) in [4.78, 5) is 4.37. The highest BCUT2D eigenvalue weighted by molar-refractivity contribution is 5.91. The number of hydrogen-bond donors (Lipinski definition) is 0. The van der Waals surface area contributed by atoms with Crippen LogP contribution in [0.4, 0.5) is 0 Å². The summed E-state index contributed by atoms with van der Waals surface area (Å²) in [6.45, 7) is 0. The first kappa shape index (κ1) is 12.3. The second kappa shape index (κ2) is 5.00. The molecular weight excluding hydrogens is 234 g/mol. The molecule has 2 aromatic rings. The number of fused-ring (bicyclic) bond motifs is 1. The van der Waals surface area contributed by atoms with Gasteiger partial charge in [-0.2, -0.15) is 0 Å². The predicted molar refractivity (Wildman–Crippen MR) is 68.0 cm³/mol. The average Bonchev–Trinajstić information content (AvgIpc) is 2.44. The maximum Gasteiger partial charge on any atom is 0.217 e. The Morgan fingerprint density at radius 3 is 2.06 bits per heavy atom. The fourth-order valence-corrected chi connectivity index (χ4v) is 1.76. The summed E-state index contributed by atoms with van der Waals surface area (Å²) in [7, 11) is 6.34. The van der Waals surface area contributed by atoms with Crippen LogP contribution in [0.5, 0.6) is 23.1 Å². The Balaban J connectivity index is 2.80. The Labute approximate surface area is 105 Å².